The van der Waals surface area contributed by atoms with Gasteiger partial charge in [-0.15, -0.1) is 5.10 Å². The van der Waals surface area contributed by atoms with Crippen molar-refractivity contribution in [3.05, 3.63) is 87.4 Å². The zero-order valence-corrected chi connectivity index (χ0v) is 19.5. The number of hydrogen-bond acceptors (Lipinski definition) is 6. The summed E-state index contributed by atoms with van der Waals surface area (Å²) in [5.41, 5.74) is 3.77. The van der Waals surface area contributed by atoms with Gasteiger partial charge in [-0.3, -0.25) is 4.79 Å². The van der Waals surface area contributed by atoms with Crippen molar-refractivity contribution >= 4 is 46.6 Å². The molecule has 4 rings (SSSR count). The van der Waals surface area contributed by atoms with Crippen LogP contribution < -0.4 is 5.32 Å². The number of rotatable bonds is 6. The van der Waals surface area contributed by atoms with Crippen LogP contribution in [-0.2, 0) is 5.75 Å². The van der Waals surface area contributed by atoms with E-state index in [1.54, 1.807) is 35.0 Å². The molecule has 0 fully saturated rings. The molecule has 2 heterocycles. The van der Waals surface area contributed by atoms with Crippen molar-refractivity contribution < 1.29 is 4.79 Å². The molecule has 10 heteroatoms. The Morgan fingerprint density at radius 1 is 1.00 bits per heavy atom. The number of aromatic nitrogens is 5. The van der Waals surface area contributed by atoms with E-state index in [1.807, 2.05) is 38.1 Å². The Morgan fingerprint density at radius 3 is 2.31 bits per heavy atom. The monoisotopic (exact) mass is 484 g/mol. The summed E-state index contributed by atoms with van der Waals surface area (Å²) in [5.74, 6) is -0.00934. The number of aryl methyl sites for hydroxylation is 2. The van der Waals surface area contributed by atoms with Gasteiger partial charge >= 0.3 is 0 Å². The lowest BCUT2D eigenvalue weighted by Crippen LogP contribution is -2.15. The van der Waals surface area contributed by atoms with Crippen molar-refractivity contribution in [1.29, 1.82) is 0 Å². The fourth-order valence-electron chi connectivity index (χ4n) is 3.08. The van der Waals surface area contributed by atoms with Gasteiger partial charge in [0, 0.05) is 32.9 Å². The molecule has 0 spiro atoms. The van der Waals surface area contributed by atoms with E-state index in [1.165, 1.54) is 11.8 Å². The van der Waals surface area contributed by atoms with Gasteiger partial charge in [-0.05, 0) is 50.2 Å². The quantitative estimate of drug-likeness (QED) is 0.286. The van der Waals surface area contributed by atoms with E-state index < -0.39 is 0 Å². The number of halogens is 2. The van der Waals surface area contributed by atoms with Crippen molar-refractivity contribution in [2.24, 2.45) is 0 Å². The number of para-hydroxylation sites is 1. The minimum atomic E-state index is -0.368. The van der Waals surface area contributed by atoms with E-state index >= 15 is 0 Å². The highest BCUT2D eigenvalue weighted by Crippen LogP contribution is 2.27. The van der Waals surface area contributed by atoms with Crippen LogP contribution in [0, 0.1) is 13.8 Å². The van der Waals surface area contributed by atoms with Gasteiger partial charge in [0.25, 0.3) is 5.91 Å². The average Bonchev–Trinajstić information content (AvgIpc) is 3.16. The van der Waals surface area contributed by atoms with E-state index in [0.717, 1.165) is 11.4 Å². The number of amides is 1. The fraction of sp³-hybridized carbons (Fsp3) is 0.136. The topological polar surface area (TPSA) is 85.6 Å². The third-order valence-corrected chi connectivity index (χ3v) is 5.70. The Bertz CT molecular complexity index is 1240. The Balaban J connectivity index is 1.71. The minimum absolute atomic E-state index is 0.196. The van der Waals surface area contributed by atoms with Gasteiger partial charge in [0.15, 0.2) is 10.9 Å². The van der Waals surface area contributed by atoms with Crippen LogP contribution in [0.25, 0.3) is 5.69 Å². The largest absolute Gasteiger partial charge is 0.321 e. The van der Waals surface area contributed by atoms with Crippen LogP contribution >= 0.6 is 35.0 Å². The van der Waals surface area contributed by atoms with Gasteiger partial charge in [-0.2, -0.15) is 0 Å². The summed E-state index contributed by atoms with van der Waals surface area (Å²) >= 11 is 13.8. The van der Waals surface area contributed by atoms with E-state index in [-0.39, 0.29) is 11.6 Å². The first-order valence-electron chi connectivity index (χ1n) is 9.61. The highest BCUT2D eigenvalue weighted by molar-refractivity contribution is 7.98. The van der Waals surface area contributed by atoms with E-state index in [2.05, 4.69) is 25.6 Å². The van der Waals surface area contributed by atoms with Gasteiger partial charge in [0.2, 0.25) is 0 Å². The molecule has 1 N–H and O–H groups in total. The molecule has 4 aromatic rings. The Labute approximate surface area is 199 Å². The van der Waals surface area contributed by atoms with E-state index in [9.17, 15) is 4.79 Å². The number of anilines is 1. The summed E-state index contributed by atoms with van der Waals surface area (Å²) in [6.07, 6.45) is 0. The van der Waals surface area contributed by atoms with Gasteiger partial charge in [-0.25, -0.2) is 14.6 Å². The molecule has 0 aliphatic carbocycles. The van der Waals surface area contributed by atoms with E-state index in [0.29, 0.717) is 38.0 Å². The maximum atomic E-state index is 13.0. The number of carbonyl (C=O) groups excluding carboxylic acids is 1. The molecule has 162 valence electrons. The summed E-state index contributed by atoms with van der Waals surface area (Å²) in [4.78, 5) is 21.9. The number of nitrogens with zero attached hydrogens (tertiary/aromatic N) is 5. The SMILES string of the molecule is Cc1cc(C)nc(SCc2c(C(=O)Nc3ccccc3)nnn2-c2cc(Cl)cc(Cl)c2)n1. The highest BCUT2D eigenvalue weighted by Gasteiger charge is 2.22. The zero-order chi connectivity index (χ0) is 22.7. The molecular weight excluding hydrogens is 467 g/mol. The van der Waals surface area contributed by atoms with Crippen molar-refractivity contribution in [2.75, 3.05) is 5.32 Å². The minimum Gasteiger partial charge on any atom is -0.321 e. The van der Waals surface area contributed by atoms with Crippen LogP contribution in [0.15, 0.2) is 59.8 Å². The van der Waals surface area contributed by atoms with Gasteiger partial charge in [0.05, 0.1) is 11.4 Å². The Kier molecular flexibility index (Phi) is 6.74. The maximum absolute atomic E-state index is 13.0. The summed E-state index contributed by atoms with van der Waals surface area (Å²) < 4.78 is 1.56. The van der Waals surface area contributed by atoms with Gasteiger partial charge in [-0.1, -0.05) is 58.4 Å². The molecule has 0 bridgehead atoms. The molecule has 0 saturated carbocycles. The van der Waals surface area contributed by atoms with Crippen LogP contribution in [0.4, 0.5) is 5.69 Å². The Morgan fingerprint density at radius 2 is 1.66 bits per heavy atom. The third kappa shape index (κ3) is 5.27. The summed E-state index contributed by atoms with van der Waals surface area (Å²) in [5, 5.41) is 12.7. The third-order valence-electron chi connectivity index (χ3n) is 4.40. The predicted molar refractivity (Wildman–Crippen MR) is 127 cm³/mol. The second-order valence-electron chi connectivity index (χ2n) is 6.97. The number of nitrogens with one attached hydrogen (secondary N) is 1. The molecule has 1 amide bonds. The molecule has 2 aromatic heterocycles. The molecule has 7 nitrogen and oxygen atoms in total. The molecule has 0 aliphatic heterocycles. The maximum Gasteiger partial charge on any atom is 0.278 e. The molecular formula is C22H18Cl2N6OS. The number of benzene rings is 2. The van der Waals surface area contributed by atoms with Gasteiger partial charge in [0.1, 0.15) is 0 Å². The molecule has 2 aromatic carbocycles. The van der Waals surface area contributed by atoms with Crippen molar-refractivity contribution in [2.45, 2.75) is 24.8 Å². The zero-order valence-electron chi connectivity index (χ0n) is 17.2. The highest BCUT2D eigenvalue weighted by atomic mass is 35.5. The smallest absolute Gasteiger partial charge is 0.278 e. The summed E-state index contributed by atoms with van der Waals surface area (Å²) in [7, 11) is 0. The van der Waals surface area contributed by atoms with E-state index in [4.69, 9.17) is 23.2 Å². The second kappa shape index (κ2) is 9.68. The lowest BCUT2D eigenvalue weighted by Gasteiger charge is -2.10. The molecule has 0 aliphatic rings. The van der Waals surface area contributed by atoms with Crippen LogP contribution in [0.1, 0.15) is 27.6 Å². The van der Waals surface area contributed by atoms with Crippen LogP contribution in [0.3, 0.4) is 0 Å². The van der Waals surface area contributed by atoms with Gasteiger partial charge < -0.3 is 5.32 Å². The second-order valence-corrected chi connectivity index (χ2v) is 8.78. The van der Waals surface area contributed by atoms with Crippen molar-refractivity contribution in [3.8, 4) is 5.69 Å². The van der Waals surface area contributed by atoms with Crippen molar-refractivity contribution in [1.82, 2.24) is 25.0 Å². The lowest BCUT2D eigenvalue weighted by atomic mass is 10.2. The average molecular weight is 485 g/mol. The van der Waals surface area contributed by atoms with Crippen molar-refractivity contribution in [3.63, 3.8) is 0 Å². The Hall–Kier alpha value is -2.94. The van der Waals surface area contributed by atoms with Crippen LogP contribution in [0.2, 0.25) is 10.0 Å². The number of thioether (sulfide) groups is 1. The standard InChI is InChI=1S/C22H18Cl2N6OS/c1-13-8-14(2)26-22(25-13)32-12-19-20(21(31)27-17-6-4-3-5-7-17)28-29-30(19)18-10-15(23)9-16(24)11-18/h3-11H,12H2,1-2H3,(H,27,31). The molecule has 32 heavy (non-hydrogen) atoms. The first-order chi connectivity index (χ1) is 15.4. The molecule has 0 radical (unpaired) electrons. The summed E-state index contributed by atoms with van der Waals surface area (Å²) in [6, 6.07) is 16.1. The van der Waals surface area contributed by atoms with Crippen LogP contribution in [0.5, 0.6) is 0 Å². The lowest BCUT2D eigenvalue weighted by molar-refractivity contribution is 0.102. The number of carbonyl (C=O) groups is 1. The molecule has 0 saturated heterocycles. The predicted octanol–water partition coefficient (Wildman–Crippen LogP) is 5.53. The molecule has 0 unspecified atom stereocenters. The normalized spacial score (nSPS) is 10.9. The molecule has 0 atom stereocenters. The fourth-order valence-corrected chi connectivity index (χ4v) is 4.54. The first-order valence-corrected chi connectivity index (χ1v) is 11.4. The van der Waals surface area contributed by atoms with Crippen LogP contribution in [-0.4, -0.2) is 30.9 Å². The summed E-state index contributed by atoms with van der Waals surface area (Å²) in [6.45, 7) is 3.83. The first kappa shape index (κ1) is 22.3. The number of hydrogen-bond donors (Lipinski definition) is 1.